The highest BCUT2D eigenvalue weighted by atomic mass is 32.2. The van der Waals surface area contributed by atoms with Crippen molar-refractivity contribution in [3.8, 4) is 0 Å². The van der Waals surface area contributed by atoms with E-state index in [4.69, 9.17) is 4.99 Å². The Balaban J connectivity index is 2.36. The summed E-state index contributed by atoms with van der Waals surface area (Å²) in [6, 6.07) is 5.15. The van der Waals surface area contributed by atoms with Crippen LogP contribution in [0.25, 0.3) is 0 Å². The maximum absolute atomic E-state index is 12.8. The molecule has 1 fully saturated rings. The van der Waals surface area contributed by atoms with Gasteiger partial charge >= 0.3 is 0 Å². The van der Waals surface area contributed by atoms with Gasteiger partial charge in [0.15, 0.2) is 5.17 Å². The molecule has 1 saturated heterocycles. The van der Waals surface area contributed by atoms with Gasteiger partial charge in [-0.2, -0.15) is 0 Å². The van der Waals surface area contributed by atoms with E-state index in [1.165, 1.54) is 0 Å². The first-order valence-electron chi connectivity index (χ1n) is 8.38. The third kappa shape index (κ3) is 4.04. The smallest absolute Gasteiger partial charge is 0.242 e. The van der Waals surface area contributed by atoms with E-state index in [0.29, 0.717) is 18.2 Å². The van der Waals surface area contributed by atoms with Crippen LogP contribution in [0.4, 0.5) is 11.4 Å². The third-order valence-electron chi connectivity index (χ3n) is 4.27. The summed E-state index contributed by atoms with van der Waals surface area (Å²) in [5, 5.41) is 3.63. The van der Waals surface area contributed by atoms with Gasteiger partial charge in [0.1, 0.15) is 5.69 Å². The number of aryl methyl sites for hydroxylation is 1. The molecule has 5 nitrogen and oxygen atoms in total. The van der Waals surface area contributed by atoms with Gasteiger partial charge in [-0.25, -0.2) is 4.99 Å². The van der Waals surface area contributed by atoms with Crippen molar-refractivity contribution in [3.63, 3.8) is 0 Å². The maximum Gasteiger partial charge on any atom is 0.242 e. The lowest BCUT2D eigenvalue weighted by Gasteiger charge is -2.20. The number of amides is 1. The van der Waals surface area contributed by atoms with Crippen molar-refractivity contribution in [1.82, 2.24) is 4.90 Å². The molecule has 1 amide bonds. The van der Waals surface area contributed by atoms with Crippen molar-refractivity contribution < 1.29 is 4.79 Å². The molecule has 1 heterocycles. The van der Waals surface area contributed by atoms with Crippen LogP contribution in [0.5, 0.6) is 0 Å². The average molecular weight is 347 g/mol. The quantitative estimate of drug-likeness (QED) is 0.678. The molecule has 2 unspecified atom stereocenters. The standard InChI is InChI=1S/C18H25N3O2S/c1-6-12(4)10-21-17(22)16(11(2)3)24-18(21)19-15-8-7-14(20-23)9-13(15)5/h7-9,11-12,16H,6,10H2,1-5H3. The molecule has 1 aromatic carbocycles. The summed E-state index contributed by atoms with van der Waals surface area (Å²) in [6.07, 6.45) is 1.02. The summed E-state index contributed by atoms with van der Waals surface area (Å²) >= 11 is 1.54. The zero-order valence-corrected chi connectivity index (χ0v) is 15.8. The number of hydrogen-bond donors (Lipinski definition) is 0. The summed E-state index contributed by atoms with van der Waals surface area (Å²) in [6.45, 7) is 11.0. The summed E-state index contributed by atoms with van der Waals surface area (Å²) in [5.41, 5.74) is 2.04. The number of aliphatic imine (C=N–C) groups is 1. The fourth-order valence-electron chi connectivity index (χ4n) is 2.52. The minimum absolute atomic E-state index is 0.0796. The number of rotatable bonds is 6. The molecule has 1 aliphatic heterocycles. The van der Waals surface area contributed by atoms with Crippen LogP contribution in [0.15, 0.2) is 28.4 Å². The van der Waals surface area contributed by atoms with Gasteiger partial charge in [-0.3, -0.25) is 9.69 Å². The van der Waals surface area contributed by atoms with Gasteiger partial charge in [0.05, 0.1) is 10.9 Å². The second-order valence-electron chi connectivity index (χ2n) is 6.70. The van der Waals surface area contributed by atoms with Gasteiger partial charge in [0, 0.05) is 6.54 Å². The lowest BCUT2D eigenvalue weighted by molar-refractivity contribution is -0.127. The Morgan fingerprint density at radius 1 is 1.29 bits per heavy atom. The first-order valence-corrected chi connectivity index (χ1v) is 9.26. The molecule has 0 aliphatic carbocycles. The highest BCUT2D eigenvalue weighted by Gasteiger charge is 2.39. The van der Waals surface area contributed by atoms with Gasteiger partial charge in [0.2, 0.25) is 5.91 Å². The molecular weight excluding hydrogens is 322 g/mol. The van der Waals surface area contributed by atoms with Crippen LogP contribution in [-0.2, 0) is 4.79 Å². The SMILES string of the molecule is CCC(C)CN1C(=O)C(C(C)C)SC1=Nc1ccc(N=O)cc1C. The molecule has 6 heteroatoms. The van der Waals surface area contributed by atoms with Crippen LogP contribution in [-0.4, -0.2) is 27.8 Å². The first kappa shape index (κ1) is 18.6. The van der Waals surface area contributed by atoms with E-state index in [2.05, 4.69) is 32.9 Å². The summed E-state index contributed by atoms with van der Waals surface area (Å²) < 4.78 is 0. The molecule has 0 radical (unpaired) electrons. The Morgan fingerprint density at radius 3 is 2.54 bits per heavy atom. The van der Waals surface area contributed by atoms with Crippen molar-refractivity contribution >= 4 is 34.2 Å². The molecule has 2 rings (SSSR count). The van der Waals surface area contributed by atoms with Crippen LogP contribution in [0.1, 0.15) is 39.7 Å². The largest absolute Gasteiger partial charge is 0.290 e. The molecule has 0 spiro atoms. The van der Waals surface area contributed by atoms with Crippen molar-refractivity contribution in [2.75, 3.05) is 6.54 Å². The van der Waals surface area contributed by atoms with Crippen LogP contribution in [0.2, 0.25) is 0 Å². The second kappa shape index (κ2) is 7.92. The molecule has 1 aliphatic rings. The van der Waals surface area contributed by atoms with Crippen molar-refractivity contribution in [2.24, 2.45) is 22.0 Å². The van der Waals surface area contributed by atoms with E-state index in [9.17, 15) is 9.70 Å². The zero-order valence-electron chi connectivity index (χ0n) is 14.9. The number of nitrogens with zero attached hydrogens (tertiary/aromatic N) is 3. The molecule has 0 saturated carbocycles. The van der Waals surface area contributed by atoms with E-state index < -0.39 is 0 Å². The Labute approximate surface area is 147 Å². The van der Waals surface area contributed by atoms with Gasteiger partial charge in [-0.15, -0.1) is 4.91 Å². The summed E-state index contributed by atoms with van der Waals surface area (Å²) in [7, 11) is 0. The fourth-order valence-corrected chi connectivity index (χ4v) is 3.69. The van der Waals surface area contributed by atoms with Crippen LogP contribution < -0.4 is 0 Å². The molecule has 130 valence electrons. The Morgan fingerprint density at radius 2 is 2.00 bits per heavy atom. The average Bonchev–Trinajstić information content (AvgIpc) is 2.86. The predicted octanol–water partition coefficient (Wildman–Crippen LogP) is 5.03. The molecule has 2 atom stereocenters. The van der Waals surface area contributed by atoms with Gasteiger partial charge in [0.25, 0.3) is 0 Å². The number of benzene rings is 1. The number of thioether (sulfide) groups is 1. The third-order valence-corrected chi connectivity index (χ3v) is 5.79. The number of nitroso groups, excluding NO2 is 1. The predicted molar refractivity (Wildman–Crippen MR) is 101 cm³/mol. The fraction of sp³-hybridized carbons (Fsp3) is 0.556. The Kier molecular flexibility index (Phi) is 6.15. The number of amidine groups is 1. The Bertz CT molecular complexity index is 658. The van der Waals surface area contributed by atoms with Gasteiger partial charge < -0.3 is 0 Å². The van der Waals surface area contributed by atoms with E-state index >= 15 is 0 Å². The minimum Gasteiger partial charge on any atom is -0.290 e. The topological polar surface area (TPSA) is 62.1 Å². The van der Waals surface area contributed by atoms with Gasteiger partial charge in [-0.05, 0) is 47.7 Å². The lowest BCUT2D eigenvalue weighted by Crippen LogP contribution is -2.36. The molecule has 0 N–H and O–H groups in total. The highest BCUT2D eigenvalue weighted by Crippen LogP contribution is 2.35. The van der Waals surface area contributed by atoms with Crippen molar-refractivity contribution in [1.29, 1.82) is 0 Å². The van der Waals surface area contributed by atoms with Crippen molar-refractivity contribution in [3.05, 3.63) is 28.7 Å². The Hall–Kier alpha value is -1.69. The normalized spacial score (nSPS) is 20.9. The maximum atomic E-state index is 12.8. The summed E-state index contributed by atoms with van der Waals surface area (Å²) in [5.74, 6) is 0.837. The van der Waals surface area contributed by atoms with Gasteiger partial charge in [-0.1, -0.05) is 45.9 Å². The van der Waals surface area contributed by atoms with Crippen molar-refractivity contribution in [2.45, 2.75) is 46.3 Å². The number of hydrogen-bond acceptors (Lipinski definition) is 5. The van der Waals surface area contributed by atoms with E-state index in [-0.39, 0.29) is 17.1 Å². The van der Waals surface area contributed by atoms with E-state index in [1.807, 2.05) is 11.8 Å². The highest BCUT2D eigenvalue weighted by molar-refractivity contribution is 8.15. The minimum atomic E-state index is -0.0796. The molecular formula is C18H25N3O2S. The molecule has 1 aromatic rings. The molecule has 24 heavy (non-hydrogen) atoms. The van der Waals surface area contributed by atoms with E-state index in [1.54, 1.807) is 30.0 Å². The van der Waals surface area contributed by atoms with Crippen LogP contribution in [0.3, 0.4) is 0 Å². The lowest BCUT2D eigenvalue weighted by atomic mass is 10.1. The molecule has 0 bridgehead atoms. The van der Waals surface area contributed by atoms with E-state index in [0.717, 1.165) is 22.8 Å². The monoisotopic (exact) mass is 347 g/mol. The van der Waals surface area contributed by atoms with Crippen LogP contribution in [0, 0.1) is 23.7 Å². The number of carbonyl (C=O) groups is 1. The molecule has 0 aromatic heterocycles. The van der Waals surface area contributed by atoms with Crippen LogP contribution >= 0.6 is 11.8 Å². The summed E-state index contributed by atoms with van der Waals surface area (Å²) in [4.78, 5) is 29.9. The number of carbonyl (C=O) groups excluding carboxylic acids is 1. The second-order valence-corrected chi connectivity index (χ2v) is 7.81. The zero-order chi connectivity index (χ0) is 17.9. The first-order chi connectivity index (χ1) is 11.4.